The molecule has 1 fully saturated rings. The number of carbonyl (C=O) groups is 1. The Hall–Kier alpha value is -2.30. The molecule has 134 valence electrons. The van der Waals surface area contributed by atoms with E-state index in [4.69, 9.17) is 4.74 Å². The van der Waals surface area contributed by atoms with E-state index in [1.165, 1.54) is 0 Å². The van der Waals surface area contributed by atoms with Gasteiger partial charge in [-0.1, -0.05) is 6.92 Å². The number of hydrogen-bond acceptors (Lipinski definition) is 3. The second-order valence-corrected chi connectivity index (χ2v) is 7.04. The number of pyridine rings is 1. The van der Waals surface area contributed by atoms with Crippen molar-refractivity contribution < 1.29 is 9.53 Å². The molecule has 0 saturated carbocycles. The van der Waals surface area contributed by atoms with Crippen LogP contribution in [0.4, 0.5) is 0 Å². The van der Waals surface area contributed by atoms with Crippen molar-refractivity contribution in [3.8, 4) is 5.75 Å². The Morgan fingerprint density at radius 1 is 1.28 bits per heavy atom. The molecule has 2 heterocycles. The van der Waals surface area contributed by atoms with Crippen LogP contribution in [0.2, 0.25) is 0 Å². The molecular weight excluding hydrogens is 316 g/mol. The number of piperidine rings is 1. The normalized spacial score (nSPS) is 15.5. The molecule has 2 aromatic rings. The number of likely N-dealkylation sites (tertiary alicyclic amines) is 1. The summed E-state index contributed by atoms with van der Waals surface area (Å²) in [5, 5.41) is 0.982. The molecule has 0 unspecified atom stereocenters. The van der Waals surface area contributed by atoms with Gasteiger partial charge in [0, 0.05) is 36.5 Å². The SMILES string of the molecule is Cc1cc(=O)[nH]c2ccc(OCCCC(=O)N3CCC(C)CC3)cc12. The second-order valence-electron chi connectivity index (χ2n) is 7.04. The quantitative estimate of drug-likeness (QED) is 0.849. The molecule has 0 radical (unpaired) electrons. The smallest absolute Gasteiger partial charge is 0.248 e. The molecule has 1 N–H and O–H groups in total. The Kier molecular flexibility index (Phi) is 5.41. The summed E-state index contributed by atoms with van der Waals surface area (Å²) in [6, 6.07) is 7.24. The zero-order valence-corrected chi connectivity index (χ0v) is 15.0. The fourth-order valence-electron chi connectivity index (χ4n) is 3.32. The Morgan fingerprint density at radius 3 is 2.80 bits per heavy atom. The van der Waals surface area contributed by atoms with Crippen LogP contribution in [0.25, 0.3) is 10.9 Å². The number of fused-ring (bicyclic) bond motifs is 1. The number of H-pyrrole nitrogens is 1. The first-order chi connectivity index (χ1) is 12.0. The third kappa shape index (κ3) is 4.41. The average Bonchev–Trinajstić information content (AvgIpc) is 2.59. The zero-order chi connectivity index (χ0) is 17.8. The predicted molar refractivity (Wildman–Crippen MR) is 99.0 cm³/mol. The van der Waals surface area contributed by atoms with Gasteiger partial charge in [0.05, 0.1) is 6.61 Å². The van der Waals surface area contributed by atoms with Gasteiger partial charge >= 0.3 is 0 Å². The second kappa shape index (κ2) is 7.72. The molecule has 1 amide bonds. The molecular formula is C20H26N2O3. The first-order valence-corrected chi connectivity index (χ1v) is 9.07. The highest BCUT2D eigenvalue weighted by Gasteiger charge is 2.19. The van der Waals surface area contributed by atoms with Gasteiger partial charge in [0.25, 0.3) is 0 Å². The molecule has 25 heavy (non-hydrogen) atoms. The lowest BCUT2D eigenvalue weighted by molar-refractivity contribution is -0.132. The van der Waals surface area contributed by atoms with Crippen molar-refractivity contribution in [3.05, 3.63) is 40.2 Å². The predicted octanol–water partition coefficient (Wildman–Crippen LogP) is 3.25. The first kappa shape index (κ1) is 17.5. The van der Waals surface area contributed by atoms with Gasteiger partial charge in [0.15, 0.2) is 0 Å². The number of ether oxygens (including phenoxy) is 1. The van der Waals surface area contributed by atoms with E-state index in [9.17, 15) is 9.59 Å². The third-order valence-corrected chi connectivity index (χ3v) is 4.96. The van der Waals surface area contributed by atoms with Crippen molar-refractivity contribution >= 4 is 16.8 Å². The number of hydrogen-bond donors (Lipinski definition) is 1. The van der Waals surface area contributed by atoms with Gasteiger partial charge in [-0.05, 0) is 55.9 Å². The summed E-state index contributed by atoms with van der Waals surface area (Å²) in [6.45, 7) is 6.46. The lowest BCUT2D eigenvalue weighted by Gasteiger charge is -2.30. The number of nitrogens with zero attached hydrogens (tertiary/aromatic N) is 1. The largest absolute Gasteiger partial charge is 0.494 e. The van der Waals surface area contributed by atoms with E-state index in [0.717, 1.165) is 54.1 Å². The minimum Gasteiger partial charge on any atom is -0.494 e. The summed E-state index contributed by atoms with van der Waals surface area (Å²) in [4.78, 5) is 28.5. The lowest BCUT2D eigenvalue weighted by atomic mass is 9.99. The Bertz CT molecular complexity index is 804. The standard InChI is InChI=1S/C20H26N2O3/c1-14-7-9-22(10-8-14)20(24)4-3-11-25-16-5-6-18-17(13-16)15(2)12-19(23)21-18/h5-6,12-14H,3-4,7-11H2,1-2H3,(H,21,23). The van der Waals surface area contributed by atoms with Crippen LogP contribution in [0, 0.1) is 12.8 Å². The van der Waals surface area contributed by atoms with Crippen LogP contribution in [0.1, 0.15) is 38.2 Å². The topological polar surface area (TPSA) is 62.4 Å². The van der Waals surface area contributed by atoms with Crippen LogP contribution >= 0.6 is 0 Å². The molecule has 1 aromatic carbocycles. The number of amides is 1. The lowest BCUT2D eigenvalue weighted by Crippen LogP contribution is -2.37. The average molecular weight is 342 g/mol. The Morgan fingerprint density at radius 2 is 2.04 bits per heavy atom. The maximum absolute atomic E-state index is 12.2. The van der Waals surface area contributed by atoms with Gasteiger partial charge in [0.2, 0.25) is 11.5 Å². The van der Waals surface area contributed by atoms with Crippen LogP contribution in [-0.2, 0) is 4.79 Å². The first-order valence-electron chi connectivity index (χ1n) is 9.07. The highest BCUT2D eigenvalue weighted by molar-refractivity contribution is 5.83. The summed E-state index contributed by atoms with van der Waals surface area (Å²) in [7, 11) is 0. The minimum atomic E-state index is -0.0933. The van der Waals surface area contributed by atoms with E-state index >= 15 is 0 Å². The summed E-state index contributed by atoms with van der Waals surface area (Å²) in [6.07, 6.45) is 3.48. The molecule has 0 spiro atoms. The molecule has 1 aliphatic rings. The zero-order valence-electron chi connectivity index (χ0n) is 15.0. The molecule has 5 heteroatoms. The fourth-order valence-corrected chi connectivity index (χ4v) is 3.32. The number of aryl methyl sites for hydroxylation is 1. The molecule has 1 aromatic heterocycles. The minimum absolute atomic E-state index is 0.0933. The number of aromatic nitrogens is 1. The molecule has 1 saturated heterocycles. The summed E-state index contributed by atoms with van der Waals surface area (Å²) < 4.78 is 5.79. The molecule has 0 aliphatic carbocycles. The fraction of sp³-hybridized carbons (Fsp3) is 0.500. The number of benzene rings is 1. The van der Waals surface area contributed by atoms with Gasteiger partial charge in [-0.15, -0.1) is 0 Å². The summed E-state index contributed by atoms with van der Waals surface area (Å²) in [5.74, 6) is 1.74. The summed E-state index contributed by atoms with van der Waals surface area (Å²) >= 11 is 0. The van der Waals surface area contributed by atoms with Crippen molar-refractivity contribution in [2.45, 2.75) is 39.5 Å². The van der Waals surface area contributed by atoms with E-state index in [-0.39, 0.29) is 11.5 Å². The van der Waals surface area contributed by atoms with Crippen molar-refractivity contribution in [1.82, 2.24) is 9.88 Å². The third-order valence-electron chi connectivity index (χ3n) is 4.96. The number of rotatable bonds is 5. The van der Waals surface area contributed by atoms with E-state index < -0.39 is 0 Å². The highest BCUT2D eigenvalue weighted by atomic mass is 16.5. The number of aromatic amines is 1. The van der Waals surface area contributed by atoms with Crippen LogP contribution in [0.15, 0.2) is 29.1 Å². The van der Waals surface area contributed by atoms with Crippen molar-refractivity contribution in [3.63, 3.8) is 0 Å². The van der Waals surface area contributed by atoms with Gasteiger partial charge in [-0.3, -0.25) is 9.59 Å². The summed E-state index contributed by atoms with van der Waals surface area (Å²) in [5.41, 5.74) is 1.65. The van der Waals surface area contributed by atoms with Crippen LogP contribution in [-0.4, -0.2) is 35.5 Å². The Balaban J connectivity index is 1.50. The van der Waals surface area contributed by atoms with Gasteiger partial charge in [-0.2, -0.15) is 0 Å². The van der Waals surface area contributed by atoms with Gasteiger partial charge in [0.1, 0.15) is 5.75 Å². The number of carbonyl (C=O) groups excluding carboxylic acids is 1. The highest BCUT2D eigenvalue weighted by Crippen LogP contribution is 2.21. The van der Waals surface area contributed by atoms with Crippen molar-refractivity contribution in [2.24, 2.45) is 5.92 Å². The van der Waals surface area contributed by atoms with Gasteiger partial charge < -0.3 is 14.6 Å². The van der Waals surface area contributed by atoms with Gasteiger partial charge in [-0.25, -0.2) is 0 Å². The van der Waals surface area contributed by atoms with E-state index in [1.807, 2.05) is 30.0 Å². The van der Waals surface area contributed by atoms with Crippen LogP contribution < -0.4 is 10.3 Å². The van der Waals surface area contributed by atoms with E-state index in [0.29, 0.717) is 19.4 Å². The van der Waals surface area contributed by atoms with Crippen molar-refractivity contribution in [1.29, 1.82) is 0 Å². The molecule has 0 atom stereocenters. The maximum atomic E-state index is 12.2. The van der Waals surface area contributed by atoms with Crippen LogP contribution in [0.5, 0.6) is 5.75 Å². The molecule has 1 aliphatic heterocycles. The number of nitrogens with one attached hydrogen (secondary N) is 1. The van der Waals surface area contributed by atoms with Crippen LogP contribution in [0.3, 0.4) is 0 Å². The van der Waals surface area contributed by atoms with Crippen molar-refractivity contribution in [2.75, 3.05) is 19.7 Å². The van der Waals surface area contributed by atoms with E-state index in [1.54, 1.807) is 6.07 Å². The monoisotopic (exact) mass is 342 g/mol. The molecule has 0 bridgehead atoms. The molecule has 3 rings (SSSR count). The maximum Gasteiger partial charge on any atom is 0.248 e. The molecule has 5 nitrogen and oxygen atoms in total. The Labute approximate surface area is 148 Å². The van der Waals surface area contributed by atoms with E-state index in [2.05, 4.69) is 11.9 Å².